The minimum atomic E-state index is -0.984. The average molecular weight is 174 g/mol. The van der Waals surface area contributed by atoms with Gasteiger partial charge in [-0.25, -0.2) is 0 Å². The van der Waals surface area contributed by atoms with E-state index in [9.17, 15) is 0 Å². The van der Waals surface area contributed by atoms with Crippen LogP contribution < -0.4 is 0 Å². The van der Waals surface area contributed by atoms with Crippen LogP contribution in [0.2, 0.25) is 19.6 Å². The van der Waals surface area contributed by atoms with E-state index in [1.54, 1.807) is 4.53 Å². The summed E-state index contributed by atoms with van der Waals surface area (Å²) in [6.45, 7) is 11.5. The molecule has 0 saturated carbocycles. The molecule has 0 atom stereocenters. The molecule has 0 rings (SSSR count). The van der Waals surface area contributed by atoms with E-state index in [4.69, 9.17) is 0 Å². The lowest BCUT2D eigenvalue weighted by molar-refractivity contribution is 1.53. The van der Waals surface area contributed by atoms with Crippen molar-refractivity contribution in [2.24, 2.45) is 0 Å². The maximum absolute atomic E-state index is 2.39. The topological polar surface area (TPSA) is 0 Å². The van der Waals surface area contributed by atoms with Gasteiger partial charge in [0.2, 0.25) is 0 Å². The first kappa shape index (κ1) is 10.3. The van der Waals surface area contributed by atoms with Crippen LogP contribution in [0.3, 0.4) is 0 Å². The summed E-state index contributed by atoms with van der Waals surface area (Å²) >= 11 is 2.01. The van der Waals surface area contributed by atoms with Crippen molar-refractivity contribution in [1.29, 1.82) is 0 Å². The average Bonchev–Trinajstić information content (AvgIpc) is 1.80. The number of allylic oxidation sites excluding steroid dienone is 1. The Hall–Kier alpha value is 0.307. The van der Waals surface area contributed by atoms with E-state index in [0.717, 1.165) is 0 Å². The molecule has 0 amide bonds. The molecule has 0 nitrogen and oxygen atoms in total. The lowest BCUT2D eigenvalue weighted by Crippen LogP contribution is -2.21. The van der Waals surface area contributed by atoms with Gasteiger partial charge in [0.15, 0.2) is 0 Å². The van der Waals surface area contributed by atoms with Gasteiger partial charge in [0.05, 0.1) is 8.07 Å². The van der Waals surface area contributed by atoms with Crippen LogP contribution in [0.1, 0.15) is 13.8 Å². The minimum absolute atomic E-state index is 0.984. The molecule has 0 N–H and O–H groups in total. The molecule has 0 fully saturated rings. The lowest BCUT2D eigenvalue weighted by atomic mass is 10.8. The molecule has 0 aliphatic carbocycles. The molecule has 60 valence electrons. The van der Waals surface area contributed by atoms with Gasteiger partial charge in [0.25, 0.3) is 0 Å². The monoisotopic (exact) mass is 174 g/mol. The quantitative estimate of drug-likeness (QED) is 0.590. The Balaban J connectivity index is 4.10. The van der Waals surface area contributed by atoms with Gasteiger partial charge in [-0.05, 0) is 17.2 Å². The summed E-state index contributed by atoms with van der Waals surface area (Å²) in [6, 6.07) is 0. The zero-order valence-corrected chi connectivity index (χ0v) is 9.51. The lowest BCUT2D eigenvalue weighted by Gasteiger charge is -2.19. The van der Waals surface area contributed by atoms with Gasteiger partial charge in [-0.2, -0.15) is 0 Å². The molecule has 0 aliphatic rings. The van der Waals surface area contributed by atoms with Crippen LogP contribution >= 0.6 is 11.8 Å². The molecule has 0 aromatic heterocycles. The number of hydrogen-bond donors (Lipinski definition) is 0. The van der Waals surface area contributed by atoms with Gasteiger partial charge in [0, 0.05) is 0 Å². The molecule has 2 heteroatoms. The minimum Gasteiger partial charge on any atom is -0.136 e. The second-order valence-corrected chi connectivity index (χ2v) is 10.0. The molecule has 0 spiro atoms. The third-order valence-electron chi connectivity index (χ3n) is 1.30. The van der Waals surface area contributed by atoms with Gasteiger partial charge in [-0.3, -0.25) is 0 Å². The van der Waals surface area contributed by atoms with Crippen molar-refractivity contribution in [1.82, 2.24) is 0 Å². The van der Waals surface area contributed by atoms with Crippen molar-refractivity contribution in [3.05, 3.63) is 10.6 Å². The first-order valence-corrected chi connectivity index (χ1v) is 8.30. The Labute approximate surface area is 70.1 Å². The van der Waals surface area contributed by atoms with Gasteiger partial charge >= 0.3 is 0 Å². The number of rotatable bonds is 3. The van der Waals surface area contributed by atoms with E-state index >= 15 is 0 Å². The van der Waals surface area contributed by atoms with Crippen LogP contribution in [0.5, 0.6) is 0 Å². The fourth-order valence-electron chi connectivity index (χ4n) is 0.888. The summed E-state index contributed by atoms with van der Waals surface area (Å²) in [7, 11) is -0.984. The predicted octanol–water partition coefficient (Wildman–Crippen LogP) is 3.52. The highest BCUT2D eigenvalue weighted by Crippen LogP contribution is 2.25. The molecule has 10 heavy (non-hydrogen) atoms. The van der Waals surface area contributed by atoms with E-state index in [1.807, 2.05) is 11.8 Å². The van der Waals surface area contributed by atoms with Crippen molar-refractivity contribution >= 4 is 19.8 Å². The van der Waals surface area contributed by atoms with Gasteiger partial charge in [0.1, 0.15) is 0 Å². The Morgan fingerprint density at radius 1 is 1.40 bits per heavy atom. The Morgan fingerprint density at radius 2 is 1.90 bits per heavy atom. The Bertz CT molecular complexity index is 122. The van der Waals surface area contributed by atoms with Crippen LogP contribution in [0, 0.1) is 0 Å². The van der Waals surface area contributed by atoms with Crippen molar-refractivity contribution in [2.45, 2.75) is 33.5 Å². The van der Waals surface area contributed by atoms with Crippen LogP contribution in [0.25, 0.3) is 0 Å². The molecule has 0 aliphatic heterocycles. The van der Waals surface area contributed by atoms with E-state index in [0.29, 0.717) is 0 Å². The largest absolute Gasteiger partial charge is 0.136 e. The van der Waals surface area contributed by atoms with Gasteiger partial charge in [-0.15, -0.1) is 11.8 Å². The molecule has 0 aromatic rings. The fraction of sp³-hybridized carbons (Fsp3) is 0.750. The molecular weight excluding hydrogens is 156 g/mol. The number of hydrogen-bond acceptors (Lipinski definition) is 1. The summed E-state index contributed by atoms with van der Waals surface area (Å²) < 4.78 is 1.63. The summed E-state index contributed by atoms with van der Waals surface area (Å²) in [6.07, 6.45) is 2.28. The van der Waals surface area contributed by atoms with Crippen LogP contribution in [0.15, 0.2) is 10.6 Å². The van der Waals surface area contributed by atoms with Crippen LogP contribution in [-0.2, 0) is 0 Å². The SMILES string of the molecule is C/C=C(\SCC)[Si](C)(C)C. The molecule has 0 aromatic carbocycles. The van der Waals surface area contributed by atoms with Gasteiger partial charge < -0.3 is 0 Å². The standard InChI is InChI=1S/C8H18SSi/c1-6-8(9-7-2)10(3,4)5/h6H,7H2,1-5H3/b8-6+. The van der Waals surface area contributed by atoms with E-state index in [1.165, 1.54) is 5.75 Å². The highest BCUT2D eigenvalue weighted by atomic mass is 32.2. The maximum Gasteiger partial charge on any atom is 0.0853 e. The molecule has 0 bridgehead atoms. The first-order valence-electron chi connectivity index (χ1n) is 3.82. The van der Waals surface area contributed by atoms with Crippen molar-refractivity contribution in [3.8, 4) is 0 Å². The highest BCUT2D eigenvalue weighted by Gasteiger charge is 2.17. The van der Waals surface area contributed by atoms with Crippen LogP contribution in [0.4, 0.5) is 0 Å². The molecule has 0 heterocycles. The van der Waals surface area contributed by atoms with Crippen molar-refractivity contribution < 1.29 is 0 Å². The third-order valence-corrected chi connectivity index (χ3v) is 6.17. The predicted molar refractivity (Wildman–Crippen MR) is 55.2 cm³/mol. The summed E-state index contributed by atoms with van der Waals surface area (Å²) in [4.78, 5) is 0. The molecule has 0 radical (unpaired) electrons. The second kappa shape index (κ2) is 4.24. The van der Waals surface area contributed by atoms with Crippen LogP contribution in [-0.4, -0.2) is 13.8 Å². The smallest absolute Gasteiger partial charge is 0.0853 e. The van der Waals surface area contributed by atoms with Crippen molar-refractivity contribution in [2.75, 3.05) is 5.75 Å². The zero-order chi connectivity index (χ0) is 8.20. The number of thioether (sulfide) groups is 1. The molecule has 0 saturated heterocycles. The normalized spacial score (nSPS) is 13.9. The fourth-order valence-corrected chi connectivity index (χ4v) is 4.40. The van der Waals surface area contributed by atoms with Crippen molar-refractivity contribution in [3.63, 3.8) is 0 Å². The maximum atomic E-state index is 2.39. The van der Waals surface area contributed by atoms with E-state index < -0.39 is 8.07 Å². The molecule has 0 unspecified atom stereocenters. The second-order valence-electron chi connectivity index (χ2n) is 3.34. The third kappa shape index (κ3) is 3.47. The summed E-state index contributed by atoms with van der Waals surface area (Å²) in [5.74, 6) is 1.21. The Kier molecular flexibility index (Phi) is 4.37. The molecular formula is C8H18SSi. The zero-order valence-electron chi connectivity index (χ0n) is 7.69. The Morgan fingerprint density at radius 3 is 2.00 bits per heavy atom. The van der Waals surface area contributed by atoms with Gasteiger partial charge in [-0.1, -0.05) is 32.6 Å². The summed E-state index contributed by atoms with van der Waals surface area (Å²) in [5.41, 5.74) is 0. The van der Waals surface area contributed by atoms with E-state index in [-0.39, 0.29) is 0 Å². The first-order chi connectivity index (χ1) is 4.52. The summed E-state index contributed by atoms with van der Waals surface area (Å²) in [5, 5.41) is 0. The highest BCUT2D eigenvalue weighted by molar-refractivity contribution is 8.05. The van der Waals surface area contributed by atoms with E-state index in [2.05, 4.69) is 39.6 Å².